The minimum Gasteiger partial charge on any atom is -0.317 e. The zero-order valence-electron chi connectivity index (χ0n) is 11.9. The molecule has 1 aromatic carbocycles. The lowest BCUT2D eigenvalue weighted by Gasteiger charge is -2.34. The Hall–Kier alpha value is -0.350. The first-order chi connectivity index (χ1) is 9.20. The second-order valence-corrected chi connectivity index (χ2v) is 5.59. The first kappa shape index (κ1) is 17.7. The van der Waals surface area contributed by atoms with E-state index in [1.54, 1.807) is 12.1 Å². The molecule has 0 spiro atoms. The van der Waals surface area contributed by atoms with Gasteiger partial charge in [-0.1, -0.05) is 18.5 Å². The van der Waals surface area contributed by atoms with Crippen LogP contribution in [0.1, 0.15) is 31.7 Å². The van der Waals surface area contributed by atoms with Crippen molar-refractivity contribution in [3.8, 4) is 0 Å². The van der Waals surface area contributed by atoms with E-state index in [2.05, 4.69) is 17.1 Å². The van der Waals surface area contributed by atoms with Crippen molar-refractivity contribution >= 4 is 24.0 Å². The Labute approximate surface area is 132 Å². The molecule has 0 amide bonds. The molecule has 0 aliphatic carbocycles. The first-order valence-corrected chi connectivity index (χ1v) is 7.47. The van der Waals surface area contributed by atoms with Crippen molar-refractivity contribution in [2.45, 2.75) is 38.8 Å². The highest BCUT2D eigenvalue weighted by molar-refractivity contribution is 6.31. The average molecular weight is 321 g/mol. The maximum Gasteiger partial charge on any atom is 0.123 e. The molecule has 1 fully saturated rings. The molecule has 1 N–H and O–H groups in total. The van der Waals surface area contributed by atoms with Gasteiger partial charge in [0.2, 0.25) is 0 Å². The van der Waals surface area contributed by atoms with Crippen molar-refractivity contribution in [3.63, 3.8) is 0 Å². The predicted octanol–water partition coefficient (Wildman–Crippen LogP) is 3.86. The van der Waals surface area contributed by atoms with Crippen LogP contribution in [0.4, 0.5) is 4.39 Å². The van der Waals surface area contributed by atoms with E-state index < -0.39 is 0 Å². The number of rotatable bonds is 5. The van der Waals surface area contributed by atoms with Crippen molar-refractivity contribution in [1.29, 1.82) is 0 Å². The number of halogens is 3. The standard InChI is InChI=1S/C15H22ClFN2.ClH/c1-2-9-19(14-5-7-18-8-6-14)11-12-10-13(17)3-4-15(12)16;/h3-4,10,14,18H,2,5-9,11H2,1H3;1H. The van der Waals surface area contributed by atoms with Crippen LogP contribution in [0.2, 0.25) is 5.02 Å². The zero-order valence-corrected chi connectivity index (χ0v) is 13.4. The van der Waals surface area contributed by atoms with E-state index in [0.717, 1.165) is 51.0 Å². The summed E-state index contributed by atoms with van der Waals surface area (Å²) < 4.78 is 13.3. The molecular formula is C15H23Cl2FN2. The Morgan fingerprint density at radius 3 is 2.70 bits per heavy atom. The van der Waals surface area contributed by atoms with E-state index in [1.165, 1.54) is 6.07 Å². The number of hydrogen-bond acceptors (Lipinski definition) is 2. The third-order valence-electron chi connectivity index (χ3n) is 3.72. The van der Waals surface area contributed by atoms with E-state index >= 15 is 0 Å². The van der Waals surface area contributed by atoms with Gasteiger partial charge in [0.25, 0.3) is 0 Å². The van der Waals surface area contributed by atoms with Gasteiger partial charge in [-0.2, -0.15) is 0 Å². The molecule has 1 saturated heterocycles. The first-order valence-electron chi connectivity index (χ1n) is 7.09. The van der Waals surface area contributed by atoms with Gasteiger partial charge in [0.1, 0.15) is 5.82 Å². The predicted molar refractivity (Wildman–Crippen MR) is 85.3 cm³/mol. The number of benzene rings is 1. The molecule has 0 atom stereocenters. The van der Waals surface area contributed by atoms with Gasteiger partial charge >= 0.3 is 0 Å². The molecule has 2 rings (SSSR count). The summed E-state index contributed by atoms with van der Waals surface area (Å²) in [7, 11) is 0. The quantitative estimate of drug-likeness (QED) is 0.886. The van der Waals surface area contributed by atoms with Crippen LogP contribution in [0.3, 0.4) is 0 Å². The topological polar surface area (TPSA) is 15.3 Å². The molecule has 0 unspecified atom stereocenters. The Balaban J connectivity index is 0.00000200. The highest BCUT2D eigenvalue weighted by atomic mass is 35.5. The number of nitrogens with zero attached hydrogens (tertiary/aromatic N) is 1. The second-order valence-electron chi connectivity index (χ2n) is 5.19. The molecule has 114 valence electrons. The molecule has 0 bridgehead atoms. The van der Waals surface area contributed by atoms with Gasteiger partial charge in [0.05, 0.1) is 0 Å². The highest BCUT2D eigenvalue weighted by Crippen LogP contribution is 2.22. The fourth-order valence-electron chi connectivity index (χ4n) is 2.73. The minimum absolute atomic E-state index is 0. The van der Waals surface area contributed by atoms with Crippen molar-refractivity contribution in [1.82, 2.24) is 10.2 Å². The SMILES string of the molecule is CCCN(Cc1cc(F)ccc1Cl)C1CCNCC1.Cl. The zero-order chi connectivity index (χ0) is 13.7. The van der Waals surface area contributed by atoms with Gasteiger partial charge in [-0.25, -0.2) is 4.39 Å². The summed E-state index contributed by atoms with van der Waals surface area (Å²) in [4.78, 5) is 2.45. The lowest BCUT2D eigenvalue weighted by Crippen LogP contribution is -2.43. The lowest BCUT2D eigenvalue weighted by molar-refractivity contribution is 0.154. The van der Waals surface area contributed by atoms with Gasteiger partial charge < -0.3 is 5.32 Å². The molecule has 20 heavy (non-hydrogen) atoms. The molecule has 1 aliphatic heterocycles. The third kappa shape index (κ3) is 4.88. The molecule has 1 aliphatic rings. The van der Waals surface area contributed by atoms with Gasteiger partial charge in [-0.05, 0) is 62.7 Å². The lowest BCUT2D eigenvalue weighted by atomic mass is 10.0. The molecule has 1 aromatic rings. The van der Waals surface area contributed by atoms with Gasteiger partial charge in [-0.3, -0.25) is 4.90 Å². The number of piperidine rings is 1. The van der Waals surface area contributed by atoms with E-state index in [4.69, 9.17) is 11.6 Å². The summed E-state index contributed by atoms with van der Waals surface area (Å²) in [5.41, 5.74) is 0.897. The normalized spacial score (nSPS) is 16.2. The van der Waals surface area contributed by atoms with Crippen LogP contribution in [-0.4, -0.2) is 30.6 Å². The van der Waals surface area contributed by atoms with Gasteiger partial charge in [0, 0.05) is 17.6 Å². The summed E-state index contributed by atoms with van der Waals surface area (Å²) in [6.07, 6.45) is 3.43. The smallest absolute Gasteiger partial charge is 0.123 e. The van der Waals surface area contributed by atoms with Crippen LogP contribution in [0.15, 0.2) is 18.2 Å². The van der Waals surface area contributed by atoms with Crippen LogP contribution in [0, 0.1) is 5.82 Å². The Morgan fingerprint density at radius 2 is 2.05 bits per heavy atom. The summed E-state index contributed by atoms with van der Waals surface area (Å²) in [6.45, 7) is 6.11. The molecule has 0 aromatic heterocycles. The van der Waals surface area contributed by atoms with E-state index in [9.17, 15) is 4.39 Å². The maximum atomic E-state index is 13.3. The van der Waals surface area contributed by atoms with E-state index in [0.29, 0.717) is 11.1 Å². The van der Waals surface area contributed by atoms with E-state index in [-0.39, 0.29) is 18.2 Å². The highest BCUT2D eigenvalue weighted by Gasteiger charge is 2.21. The monoisotopic (exact) mass is 320 g/mol. The summed E-state index contributed by atoms with van der Waals surface area (Å²) >= 11 is 6.17. The maximum absolute atomic E-state index is 13.3. The van der Waals surface area contributed by atoms with Crippen LogP contribution in [-0.2, 0) is 6.54 Å². The van der Waals surface area contributed by atoms with Crippen LogP contribution in [0.5, 0.6) is 0 Å². The number of nitrogens with one attached hydrogen (secondary N) is 1. The third-order valence-corrected chi connectivity index (χ3v) is 4.09. The molecule has 2 nitrogen and oxygen atoms in total. The van der Waals surface area contributed by atoms with Crippen molar-refractivity contribution in [3.05, 3.63) is 34.6 Å². The number of hydrogen-bond donors (Lipinski definition) is 1. The summed E-state index contributed by atoms with van der Waals surface area (Å²) in [6, 6.07) is 5.21. The van der Waals surface area contributed by atoms with Crippen LogP contribution >= 0.6 is 24.0 Å². The van der Waals surface area contributed by atoms with Crippen molar-refractivity contribution in [2.24, 2.45) is 0 Å². The van der Waals surface area contributed by atoms with Gasteiger partial charge in [0.15, 0.2) is 0 Å². The van der Waals surface area contributed by atoms with Crippen LogP contribution < -0.4 is 5.32 Å². The largest absolute Gasteiger partial charge is 0.317 e. The minimum atomic E-state index is -0.207. The fourth-order valence-corrected chi connectivity index (χ4v) is 2.91. The Morgan fingerprint density at radius 1 is 1.35 bits per heavy atom. The van der Waals surface area contributed by atoms with Crippen molar-refractivity contribution < 1.29 is 4.39 Å². The molecule has 5 heteroatoms. The summed E-state index contributed by atoms with van der Waals surface area (Å²) in [5, 5.41) is 4.05. The van der Waals surface area contributed by atoms with Gasteiger partial charge in [-0.15, -0.1) is 12.4 Å². The average Bonchev–Trinajstić information content (AvgIpc) is 2.43. The van der Waals surface area contributed by atoms with Crippen molar-refractivity contribution in [2.75, 3.05) is 19.6 Å². The van der Waals surface area contributed by atoms with Crippen LogP contribution in [0.25, 0.3) is 0 Å². The summed E-state index contributed by atoms with van der Waals surface area (Å²) in [5.74, 6) is -0.207. The Bertz CT molecular complexity index is 409. The Kier molecular flexibility index (Phi) is 7.82. The second kappa shape index (κ2) is 8.83. The fraction of sp³-hybridized carbons (Fsp3) is 0.600. The molecule has 0 saturated carbocycles. The molecule has 0 radical (unpaired) electrons. The van der Waals surface area contributed by atoms with E-state index in [1.807, 2.05) is 0 Å². The molecule has 1 heterocycles. The molecular weight excluding hydrogens is 298 g/mol.